The standard InChI is InChI=1S/C17H12F3N2/c18-17(19,20)16(21-15-8-2-1-3-9-15)22-11-10-13-6-4-5-7-14(13)12-22/h1-12H/q+1. The van der Waals surface area contributed by atoms with Gasteiger partial charge in [0, 0.05) is 5.39 Å². The lowest BCUT2D eigenvalue weighted by Gasteiger charge is -2.06. The SMILES string of the molecule is FC(F)(F)C(=Nc1ccccc1)[n+]1ccc2ccccc2c1. The summed E-state index contributed by atoms with van der Waals surface area (Å²) >= 11 is 0. The zero-order valence-corrected chi connectivity index (χ0v) is 11.5. The summed E-state index contributed by atoms with van der Waals surface area (Å²) in [6.45, 7) is 0. The number of halogens is 3. The van der Waals surface area contributed by atoms with Crippen LogP contribution >= 0.6 is 0 Å². The highest BCUT2D eigenvalue weighted by molar-refractivity contribution is 5.85. The van der Waals surface area contributed by atoms with Gasteiger partial charge < -0.3 is 0 Å². The molecule has 0 aliphatic rings. The Morgan fingerprint density at radius 1 is 0.818 bits per heavy atom. The van der Waals surface area contributed by atoms with E-state index in [-0.39, 0.29) is 5.69 Å². The van der Waals surface area contributed by atoms with Gasteiger partial charge in [0.25, 0.3) is 0 Å². The molecule has 3 rings (SSSR count). The molecule has 0 atom stereocenters. The summed E-state index contributed by atoms with van der Waals surface area (Å²) in [6, 6.07) is 17.0. The summed E-state index contributed by atoms with van der Waals surface area (Å²) in [5, 5.41) is 1.59. The number of hydrogen-bond donors (Lipinski definition) is 0. The second-order valence-electron chi connectivity index (χ2n) is 4.75. The average molecular weight is 301 g/mol. The Labute approximate surface area is 125 Å². The molecule has 2 aromatic carbocycles. The Kier molecular flexibility index (Phi) is 3.63. The smallest absolute Gasteiger partial charge is 0.198 e. The number of aromatic nitrogens is 1. The lowest BCUT2D eigenvalue weighted by Crippen LogP contribution is -2.50. The van der Waals surface area contributed by atoms with Crippen LogP contribution in [0.15, 0.2) is 78.0 Å². The van der Waals surface area contributed by atoms with Crippen molar-refractivity contribution in [3.8, 4) is 0 Å². The van der Waals surface area contributed by atoms with Crippen LogP contribution in [-0.2, 0) is 0 Å². The zero-order valence-electron chi connectivity index (χ0n) is 11.5. The number of fused-ring (bicyclic) bond motifs is 1. The van der Waals surface area contributed by atoms with Crippen molar-refractivity contribution in [2.45, 2.75) is 6.18 Å². The van der Waals surface area contributed by atoms with E-state index in [1.807, 2.05) is 12.1 Å². The van der Waals surface area contributed by atoms with Crippen molar-refractivity contribution in [3.63, 3.8) is 0 Å². The largest absolute Gasteiger partial charge is 0.499 e. The van der Waals surface area contributed by atoms with E-state index in [0.29, 0.717) is 0 Å². The molecule has 0 saturated carbocycles. The van der Waals surface area contributed by atoms with Gasteiger partial charge in [0.15, 0.2) is 5.69 Å². The summed E-state index contributed by atoms with van der Waals surface area (Å²) in [4.78, 5) is 3.76. The van der Waals surface area contributed by atoms with Gasteiger partial charge in [-0.25, -0.2) is 0 Å². The molecule has 0 unspecified atom stereocenters. The monoisotopic (exact) mass is 301 g/mol. The summed E-state index contributed by atoms with van der Waals surface area (Å²) in [6.07, 6.45) is -1.74. The van der Waals surface area contributed by atoms with Gasteiger partial charge in [0.05, 0.1) is 6.20 Å². The first-order chi connectivity index (χ1) is 10.5. The van der Waals surface area contributed by atoms with Gasteiger partial charge in [-0.15, -0.1) is 0 Å². The molecular formula is C17H12F3N2+. The van der Waals surface area contributed by atoms with Crippen LogP contribution in [0.2, 0.25) is 0 Å². The maximum absolute atomic E-state index is 13.3. The molecule has 0 amide bonds. The zero-order chi connectivity index (χ0) is 15.6. The molecule has 0 radical (unpaired) electrons. The van der Waals surface area contributed by atoms with Gasteiger partial charge in [0.2, 0.25) is 0 Å². The highest BCUT2D eigenvalue weighted by Gasteiger charge is 2.45. The van der Waals surface area contributed by atoms with Gasteiger partial charge in [-0.05, 0) is 28.6 Å². The minimum absolute atomic E-state index is 0.260. The highest BCUT2D eigenvalue weighted by Crippen LogP contribution is 2.20. The minimum Gasteiger partial charge on any atom is -0.198 e. The lowest BCUT2D eigenvalue weighted by atomic mass is 10.2. The van der Waals surface area contributed by atoms with Gasteiger partial charge >= 0.3 is 12.0 Å². The third kappa shape index (κ3) is 2.98. The van der Waals surface area contributed by atoms with Crippen molar-refractivity contribution in [2.75, 3.05) is 0 Å². The molecule has 0 saturated heterocycles. The number of pyridine rings is 1. The molecule has 0 aliphatic carbocycles. The normalized spacial score (nSPS) is 12.6. The number of alkyl halides is 3. The molecule has 2 nitrogen and oxygen atoms in total. The van der Waals surface area contributed by atoms with E-state index < -0.39 is 12.0 Å². The number of para-hydroxylation sites is 1. The molecule has 0 bridgehead atoms. The van der Waals surface area contributed by atoms with Crippen LogP contribution in [0.25, 0.3) is 10.8 Å². The van der Waals surface area contributed by atoms with Crippen molar-refractivity contribution in [1.82, 2.24) is 0 Å². The molecule has 5 heteroatoms. The number of rotatable bonds is 1. The second-order valence-corrected chi connectivity index (χ2v) is 4.75. The number of aliphatic imine (C=N–C) groups is 1. The lowest BCUT2D eigenvalue weighted by molar-refractivity contribution is -0.567. The van der Waals surface area contributed by atoms with Crippen LogP contribution in [0.4, 0.5) is 18.9 Å². The summed E-state index contributed by atoms with van der Waals surface area (Å²) < 4.78 is 41.0. The predicted octanol–water partition coefficient (Wildman–Crippen LogP) is 4.27. The fourth-order valence-electron chi connectivity index (χ4n) is 2.16. The van der Waals surface area contributed by atoms with E-state index in [2.05, 4.69) is 4.99 Å². The Hall–Kier alpha value is -2.69. The first-order valence-electron chi connectivity index (χ1n) is 6.65. The van der Waals surface area contributed by atoms with Crippen molar-refractivity contribution < 1.29 is 17.7 Å². The third-order valence-electron chi connectivity index (χ3n) is 3.18. The average Bonchev–Trinajstić information content (AvgIpc) is 2.52. The molecule has 0 fully saturated rings. The van der Waals surface area contributed by atoms with E-state index in [9.17, 15) is 13.2 Å². The summed E-state index contributed by atoms with van der Waals surface area (Å²) in [5.74, 6) is -0.968. The number of benzene rings is 2. The predicted molar refractivity (Wildman–Crippen MR) is 79.1 cm³/mol. The van der Waals surface area contributed by atoms with Crippen molar-refractivity contribution in [1.29, 1.82) is 0 Å². The Bertz CT molecular complexity index is 824. The fourth-order valence-corrected chi connectivity index (χ4v) is 2.16. The molecule has 1 heterocycles. The molecule has 0 spiro atoms. The van der Waals surface area contributed by atoms with Crippen LogP contribution in [0.3, 0.4) is 0 Å². The molecule has 1 aromatic heterocycles. The molecule has 0 N–H and O–H groups in total. The van der Waals surface area contributed by atoms with E-state index >= 15 is 0 Å². The van der Waals surface area contributed by atoms with Crippen molar-refractivity contribution >= 4 is 22.3 Å². The van der Waals surface area contributed by atoms with Crippen LogP contribution in [0.1, 0.15) is 0 Å². The maximum Gasteiger partial charge on any atom is 0.499 e. The van der Waals surface area contributed by atoms with E-state index in [0.717, 1.165) is 15.3 Å². The third-order valence-corrected chi connectivity index (χ3v) is 3.18. The molecule has 22 heavy (non-hydrogen) atoms. The summed E-state index contributed by atoms with van der Waals surface area (Å²) in [7, 11) is 0. The van der Waals surface area contributed by atoms with Crippen molar-refractivity contribution in [3.05, 3.63) is 73.1 Å². The first-order valence-corrected chi connectivity index (χ1v) is 6.65. The quantitative estimate of drug-likeness (QED) is 0.363. The van der Waals surface area contributed by atoms with Gasteiger partial charge in [-0.3, -0.25) is 0 Å². The highest BCUT2D eigenvalue weighted by atomic mass is 19.4. The second kappa shape index (κ2) is 5.60. The topological polar surface area (TPSA) is 16.2 Å². The van der Waals surface area contributed by atoms with Crippen LogP contribution in [-0.4, -0.2) is 12.0 Å². The number of nitrogens with zero attached hydrogens (tertiary/aromatic N) is 2. The van der Waals surface area contributed by atoms with Crippen LogP contribution in [0.5, 0.6) is 0 Å². The molecule has 110 valence electrons. The van der Waals surface area contributed by atoms with Crippen LogP contribution in [0, 0.1) is 0 Å². The molecule has 3 aromatic rings. The summed E-state index contributed by atoms with van der Waals surface area (Å²) in [5.41, 5.74) is 0.260. The Morgan fingerprint density at radius 2 is 1.45 bits per heavy atom. The first kappa shape index (κ1) is 14.3. The van der Waals surface area contributed by atoms with Crippen molar-refractivity contribution in [2.24, 2.45) is 4.99 Å². The van der Waals surface area contributed by atoms with Gasteiger partial charge in [0.1, 0.15) is 6.20 Å². The fraction of sp³-hybridized carbons (Fsp3) is 0.0588. The minimum atomic E-state index is -4.55. The van der Waals surface area contributed by atoms with E-state index in [1.165, 1.54) is 24.5 Å². The maximum atomic E-state index is 13.3. The van der Waals surface area contributed by atoms with Gasteiger partial charge in [-0.2, -0.15) is 17.7 Å². The Morgan fingerprint density at radius 3 is 2.14 bits per heavy atom. The van der Waals surface area contributed by atoms with E-state index in [1.54, 1.807) is 36.4 Å². The molecule has 0 aliphatic heterocycles. The molecular weight excluding hydrogens is 289 g/mol. The van der Waals surface area contributed by atoms with Gasteiger partial charge in [-0.1, -0.05) is 42.5 Å². The van der Waals surface area contributed by atoms with E-state index in [4.69, 9.17) is 0 Å². The Balaban J connectivity index is 2.14. The number of hydrogen-bond acceptors (Lipinski definition) is 1. The van der Waals surface area contributed by atoms with Crippen LogP contribution < -0.4 is 4.57 Å².